The molecular formula is C28H22F3N5O5. The zero-order chi connectivity index (χ0) is 29.3. The van der Waals surface area contributed by atoms with Crippen LogP contribution in [0.2, 0.25) is 0 Å². The van der Waals surface area contributed by atoms with Gasteiger partial charge in [-0.2, -0.15) is 5.10 Å². The molecule has 0 aliphatic carbocycles. The highest BCUT2D eigenvalue weighted by atomic mass is 19.1. The molecule has 13 heteroatoms. The molecule has 41 heavy (non-hydrogen) atoms. The summed E-state index contributed by atoms with van der Waals surface area (Å²) in [6.07, 6.45) is 1.34. The molecule has 4 N–H and O–H groups in total. The van der Waals surface area contributed by atoms with Gasteiger partial charge in [0.05, 0.1) is 36.2 Å². The first-order chi connectivity index (χ1) is 19.6. The number of aromatic carboxylic acids is 1. The molecule has 4 aromatic rings. The molecule has 2 aromatic carbocycles. The monoisotopic (exact) mass is 565 g/mol. The van der Waals surface area contributed by atoms with Gasteiger partial charge < -0.3 is 20.9 Å². The molecule has 0 saturated carbocycles. The molecular weight excluding hydrogens is 543 g/mol. The first-order valence-electron chi connectivity index (χ1n) is 12.3. The molecule has 1 aliphatic rings. The largest absolute Gasteiger partial charge is 0.476 e. The van der Waals surface area contributed by atoms with Gasteiger partial charge in [-0.3, -0.25) is 19.3 Å². The Morgan fingerprint density at radius 1 is 1.07 bits per heavy atom. The maximum atomic E-state index is 14.2. The second-order valence-electron chi connectivity index (χ2n) is 9.33. The lowest BCUT2D eigenvalue weighted by Crippen LogP contribution is -2.34. The van der Waals surface area contributed by atoms with Gasteiger partial charge in [0.2, 0.25) is 5.91 Å². The Morgan fingerprint density at radius 3 is 2.54 bits per heavy atom. The van der Waals surface area contributed by atoms with E-state index in [-0.39, 0.29) is 48.7 Å². The zero-order valence-corrected chi connectivity index (χ0v) is 21.2. The maximum absolute atomic E-state index is 14.2. The van der Waals surface area contributed by atoms with E-state index >= 15 is 0 Å². The van der Waals surface area contributed by atoms with Crippen LogP contribution in [0.25, 0.3) is 11.1 Å². The van der Waals surface area contributed by atoms with Gasteiger partial charge in [-0.05, 0) is 47.9 Å². The standard InChI is InChI=1S/C28H22F3N5O5/c29-16-6-14(7-17(30)10-16)8-22(34-24(37)11-36-23-13-41-12-20(23)26(35-36)28(39)40)25-18(2-1-5-33-25)15-3-4-21(31)19(9-15)27(32)38/h1-7,9-10,22H,8,11-13H2,(H2,32,38)(H,34,37)(H,39,40). The number of hydrogen-bond acceptors (Lipinski definition) is 6. The predicted molar refractivity (Wildman–Crippen MR) is 137 cm³/mol. The number of amides is 2. The van der Waals surface area contributed by atoms with Crippen LogP contribution in [0.5, 0.6) is 0 Å². The quantitative estimate of drug-likeness (QED) is 0.282. The third-order valence-corrected chi connectivity index (χ3v) is 6.56. The molecule has 3 heterocycles. The summed E-state index contributed by atoms with van der Waals surface area (Å²) in [4.78, 5) is 41.0. The number of nitrogens with two attached hydrogens (primary N) is 1. The van der Waals surface area contributed by atoms with E-state index in [4.69, 9.17) is 10.5 Å². The van der Waals surface area contributed by atoms with Crippen LogP contribution in [0, 0.1) is 17.5 Å². The van der Waals surface area contributed by atoms with Crippen LogP contribution in [0.15, 0.2) is 54.7 Å². The second kappa shape index (κ2) is 11.2. The van der Waals surface area contributed by atoms with Crippen molar-refractivity contribution in [2.45, 2.75) is 32.2 Å². The van der Waals surface area contributed by atoms with Gasteiger partial charge in [-0.25, -0.2) is 18.0 Å². The van der Waals surface area contributed by atoms with Crippen molar-refractivity contribution in [3.63, 3.8) is 0 Å². The molecule has 0 spiro atoms. The summed E-state index contributed by atoms with van der Waals surface area (Å²) >= 11 is 0. The van der Waals surface area contributed by atoms with Crippen LogP contribution >= 0.6 is 0 Å². The molecule has 0 saturated heterocycles. The minimum Gasteiger partial charge on any atom is -0.476 e. The van der Waals surface area contributed by atoms with Gasteiger partial charge in [0, 0.05) is 23.4 Å². The van der Waals surface area contributed by atoms with Crippen LogP contribution < -0.4 is 11.1 Å². The van der Waals surface area contributed by atoms with E-state index in [0.717, 1.165) is 18.2 Å². The average Bonchev–Trinajstić information content (AvgIpc) is 3.52. The summed E-state index contributed by atoms with van der Waals surface area (Å²) < 4.78 is 48.8. The van der Waals surface area contributed by atoms with E-state index in [1.54, 1.807) is 12.1 Å². The molecule has 2 aromatic heterocycles. The summed E-state index contributed by atoms with van der Waals surface area (Å²) in [5.74, 6) is -5.29. The van der Waals surface area contributed by atoms with E-state index in [9.17, 15) is 32.7 Å². The number of rotatable bonds is 9. The van der Waals surface area contributed by atoms with Crippen molar-refractivity contribution in [2.24, 2.45) is 5.73 Å². The molecule has 1 aliphatic heterocycles. The maximum Gasteiger partial charge on any atom is 0.356 e. The molecule has 1 unspecified atom stereocenters. The zero-order valence-electron chi connectivity index (χ0n) is 21.2. The van der Waals surface area contributed by atoms with E-state index in [2.05, 4.69) is 15.4 Å². The highest BCUT2D eigenvalue weighted by Crippen LogP contribution is 2.31. The van der Waals surface area contributed by atoms with Crippen LogP contribution in [0.1, 0.15) is 49.4 Å². The number of carbonyl (C=O) groups is 3. The SMILES string of the molecule is NC(=O)c1cc(-c2cccnc2C(Cc2cc(F)cc(F)c2)NC(=O)Cn2nc(C(=O)O)c3c2COC3)ccc1F. The fourth-order valence-corrected chi connectivity index (χ4v) is 4.78. The van der Waals surface area contributed by atoms with Gasteiger partial charge in [-0.1, -0.05) is 12.1 Å². The van der Waals surface area contributed by atoms with E-state index in [1.165, 1.54) is 23.0 Å². The fourth-order valence-electron chi connectivity index (χ4n) is 4.78. The first-order valence-corrected chi connectivity index (χ1v) is 12.3. The highest BCUT2D eigenvalue weighted by molar-refractivity contribution is 5.94. The molecule has 2 amide bonds. The van der Waals surface area contributed by atoms with Crippen molar-refractivity contribution in [1.82, 2.24) is 20.1 Å². The third-order valence-electron chi connectivity index (χ3n) is 6.56. The molecule has 5 rings (SSSR count). The number of nitrogens with one attached hydrogen (secondary N) is 1. The minimum absolute atomic E-state index is 0.0502. The van der Waals surface area contributed by atoms with Gasteiger partial charge in [0.15, 0.2) is 5.69 Å². The lowest BCUT2D eigenvalue weighted by molar-refractivity contribution is -0.122. The smallest absolute Gasteiger partial charge is 0.356 e. The lowest BCUT2D eigenvalue weighted by Gasteiger charge is -2.22. The van der Waals surface area contributed by atoms with E-state index < -0.39 is 41.3 Å². The van der Waals surface area contributed by atoms with Crippen LogP contribution in [-0.4, -0.2) is 37.7 Å². The number of aromatic nitrogens is 3. The Balaban J connectivity index is 1.52. The lowest BCUT2D eigenvalue weighted by atomic mass is 9.94. The molecule has 0 radical (unpaired) electrons. The second-order valence-corrected chi connectivity index (χ2v) is 9.33. The topological polar surface area (TPSA) is 149 Å². The fraction of sp³-hybridized carbons (Fsp3) is 0.179. The Kier molecular flexibility index (Phi) is 7.53. The Bertz CT molecular complexity index is 1670. The summed E-state index contributed by atoms with van der Waals surface area (Å²) in [6, 6.07) is 8.92. The number of pyridine rings is 1. The summed E-state index contributed by atoms with van der Waals surface area (Å²) in [7, 11) is 0. The van der Waals surface area contributed by atoms with Gasteiger partial charge in [-0.15, -0.1) is 0 Å². The van der Waals surface area contributed by atoms with Gasteiger partial charge in [0.25, 0.3) is 5.91 Å². The first kappa shape index (κ1) is 27.5. The number of nitrogens with zero attached hydrogens (tertiary/aromatic N) is 3. The predicted octanol–water partition coefficient (Wildman–Crippen LogP) is 3.29. The number of hydrogen-bond donors (Lipinski definition) is 3. The highest BCUT2D eigenvalue weighted by Gasteiger charge is 2.29. The van der Waals surface area contributed by atoms with Crippen LogP contribution in [0.3, 0.4) is 0 Å². The van der Waals surface area contributed by atoms with Crippen molar-refractivity contribution >= 4 is 17.8 Å². The van der Waals surface area contributed by atoms with Crippen molar-refractivity contribution in [1.29, 1.82) is 0 Å². The van der Waals surface area contributed by atoms with Gasteiger partial charge >= 0.3 is 5.97 Å². The van der Waals surface area contributed by atoms with Gasteiger partial charge in [0.1, 0.15) is 24.0 Å². The Hall–Kier alpha value is -5.04. The third kappa shape index (κ3) is 5.79. The normalized spacial score (nSPS) is 13.0. The van der Waals surface area contributed by atoms with E-state index in [1.807, 2.05) is 0 Å². The molecule has 0 bridgehead atoms. The Morgan fingerprint density at radius 2 is 1.83 bits per heavy atom. The van der Waals surface area contributed by atoms with Crippen LogP contribution in [-0.2, 0) is 35.7 Å². The number of ether oxygens (including phenoxy) is 1. The van der Waals surface area contributed by atoms with E-state index in [0.29, 0.717) is 28.5 Å². The number of primary amides is 1. The van der Waals surface area contributed by atoms with Crippen molar-refractivity contribution in [3.8, 4) is 11.1 Å². The molecule has 10 nitrogen and oxygen atoms in total. The average molecular weight is 566 g/mol. The number of carboxylic acids is 1. The number of benzene rings is 2. The summed E-state index contributed by atoms with van der Waals surface area (Å²) in [5, 5.41) is 16.3. The summed E-state index contributed by atoms with van der Waals surface area (Å²) in [6.45, 7) is -0.252. The molecule has 0 fully saturated rings. The van der Waals surface area contributed by atoms with Crippen molar-refractivity contribution < 1.29 is 37.4 Å². The molecule has 210 valence electrons. The number of fused-ring (bicyclic) bond motifs is 1. The van der Waals surface area contributed by atoms with Crippen molar-refractivity contribution in [3.05, 3.63) is 106 Å². The minimum atomic E-state index is -1.26. The number of carboxylic acid groups (broad SMARTS) is 1. The van der Waals surface area contributed by atoms with Crippen molar-refractivity contribution in [2.75, 3.05) is 0 Å². The Labute approximate surface area is 230 Å². The number of halogens is 3. The van der Waals surface area contributed by atoms with Crippen LogP contribution in [0.4, 0.5) is 13.2 Å². The molecule has 1 atom stereocenters. The summed E-state index contributed by atoms with van der Waals surface area (Å²) in [5.41, 5.74) is 6.80. The number of carbonyl (C=O) groups excluding carboxylic acids is 2.